The van der Waals surface area contributed by atoms with Gasteiger partial charge in [0, 0.05) is 25.6 Å². The molecule has 1 aliphatic rings. The van der Waals surface area contributed by atoms with Gasteiger partial charge in [-0.25, -0.2) is 0 Å². The molecule has 0 fully saturated rings. The Morgan fingerprint density at radius 3 is 2.75 bits per heavy atom. The molecule has 0 bridgehead atoms. The number of carbonyl (C=O) groups excluding carboxylic acids is 1. The lowest BCUT2D eigenvalue weighted by Crippen LogP contribution is -2.28. The van der Waals surface area contributed by atoms with Crippen LogP contribution < -0.4 is 20.1 Å². The first kappa shape index (κ1) is 16.3. The van der Waals surface area contributed by atoms with Gasteiger partial charge in [-0.15, -0.1) is 0 Å². The van der Waals surface area contributed by atoms with E-state index in [-0.39, 0.29) is 18.7 Å². The highest BCUT2D eigenvalue weighted by Gasteiger charge is 2.13. The standard InChI is InChI=1S/C19H22N2O3/c1-14(16-5-3-2-4-6-16)20-10-9-19(22)21-12-15-7-8-17-18(11-15)24-13-23-17/h2-8,11,14,20H,9-10,12-13H2,1H3,(H,21,22). The maximum atomic E-state index is 12.0. The Hall–Kier alpha value is -2.53. The zero-order chi connectivity index (χ0) is 16.8. The monoisotopic (exact) mass is 326 g/mol. The molecule has 0 saturated heterocycles. The first-order valence-electron chi connectivity index (χ1n) is 8.16. The van der Waals surface area contributed by atoms with Crippen LogP contribution in [0.1, 0.15) is 30.5 Å². The minimum absolute atomic E-state index is 0.0282. The molecule has 0 spiro atoms. The van der Waals surface area contributed by atoms with Crippen LogP contribution in [-0.2, 0) is 11.3 Å². The van der Waals surface area contributed by atoms with Crippen molar-refractivity contribution in [3.63, 3.8) is 0 Å². The summed E-state index contributed by atoms with van der Waals surface area (Å²) in [7, 11) is 0. The molecule has 0 saturated carbocycles. The summed E-state index contributed by atoms with van der Waals surface area (Å²) in [5.41, 5.74) is 2.22. The third-order valence-corrected chi connectivity index (χ3v) is 4.03. The summed E-state index contributed by atoms with van der Waals surface area (Å²) in [5.74, 6) is 1.52. The van der Waals surface area contributed by atoms with Crippen LogP contribution >= 0.6 is 0 Å². The molecule has 3 rings (SSSR count). The Morgan fingerprint density at radius 1 is 1.12 bits per heavy atom. The van der Waals surface area contributed by atoms with Gasteiger partial charge in [0.2, 0.25) is 12.7 Å². The van der Waals surface area contributed by atoms with Gasteiger partial charge in [0.1, 0.15) is 0 Å². The fourth-order valence-corrected chi connectivity index (χ4v) is 2.60. The van der Waals surface area contributed by atoms with E-state index in [2.05, 4.69) is 29.7 Å². The van der Waals surface area contributed by atoms with Crippen LogP contribution in [0, 0.1) is 0 Å². The summed E-state index contributed by atoms with van der Waals surface area (Å²) in [6.07, 6.45) is 0.446. The van der Waals surface area contributed by atoms with Crippen LogP contribution in [0.15, 0.2) is 48.5 Å². The van der Waals surface area contributed by atoms with Gasteiger partial charge < -0.3 is 20.1 Å². The molecule has 1 unspecified atom stereocenters. The molecule has 1 heterocycles. The molecule has 126 valence electrons. The summed E-state index contributed by atoms with van der Waals surface area (Å²) in [6, 6.07) is 16.1. The Morgan fingerprint density at radius 2 is 1.92 bits per heavy atom. The van der Waals surface area contributed by atoms with Crippen LogP contribution in [0.3, 0.4) is 0 Å². The SMILES string of the molecule is CC(NCCC(=O)NCc1ccc2c(c1)OCO2)c1ccccc1. The van der Waals surface area contributed by atoms with Crippen molar-refractivity contribution in [2.24, 2.45) is 0 Å². The molecular weight excluding hydrogens is 304 g/mol. The van der Waals surface area contributed by atoms with Gasteiger partial charge in [-0.1, -0.05) is 36.4 Å². The highest BCUT2D eigenvalue weighted by Crippen LogP contribution is 2.32. The number of benzene rings is 2. The molecule has 2 N–H and O–H groups in total. The van der Waals surface area contributed by atoms with Crippen molar-refractivity contribution in [2.45, 2.75) is 25.9 Å². The van der Waals surface area contributed by atoms with Gasteiger partial charge in [-0.05, 0) is 30.2 Å². The Balaban J connectivity index is 1.38. The van der Waals surface area contributed by atoms with Crippen LogP contribution in [-0.4, -0.2) is 19.2 Å². The van der Waals surface area contributed by atoms with Crippen molar-refractivity contribution in [1.82, 2.24) is 10.6 Å². The van der Waals surface area contributed by atoms with E-state index in [1.807, 2.05) is 36.4 Å². The second-order valence-corrected chi connectivity index (χ2v) is 5.80. The number of ether oxygens (including phenoxy) is 2. The predicted octanol–water partition coefficient (Wildman–Crippen LogP) is 2.77. The fraction of sp³-hybridized carbons (Fsp3) is 0.316. The molecule has 1 aliphatic heterocycles. The van der Waals surface area contributed by atoms with E-state index in [0.717, 1.165) is 17.1 Å². The van der Waals surface area contributed by atoms with E-state index >= 15 is 0 Å². The number of fused-ring (bicyclic) bond motifs is 1. The average molecular weight is 326 g/mol. The highest BCUT2D eigenvalue weighted by molar-refractivity contribution is 5.76. The molecule has 2 aromatic carbocycles. The summed E-state index contributed by atoms with van der Waals surface area (Å²) < 4.78 is 10.6. The van der Waals surface area contributed by atoms with Gasteiger partial charge in [0.25, 0.3) is 0 Å². The molecular formula is C19H22N2O3. The van der Waals surface area contributed by atoms with Gasteiger partial charge in [-0.3, -0.25) is 4.79 Å². The minimum Gasteiger partial charge on any atom is -0.454 e. The molecule has 5 heteroatoms. The smallest absolute Gasteiger partial charge is 0.231 e. The summed E-state index contributed by atoms with van der Waals surface area (Å²) in [4.78, 5) is 12.0. The Bertz CT molecular complexity index is 688. The van der Waals surface area contributed by atoms with E-state index in [1.165, 1.54) is 5.56 Å². The molecule has 1 amide bonds. The minimum atomic E-state index is 0.0282. The molecule has 5 nitrogen and oxygen atoms in total. The molecule has 1 atom stereocenters. The molecule has 2 aromatic rings. The second kappa shape index (κ2) is 7.84. The van der Waals surface area contributed by atoms with Gasteiger partial charge in [-0.2, -0.15) is 0 Å². The van der Waals surface area contributed by atoms with Crippen molar-refractivity contribution in [1.29, 1.82) is 0 Å². The van der Waals surface area contributed by atoms with Crippen LogP contribution in [0.5, 0.6) is 11.5 Å². The summed E-state index contributed by atoms with van der Waals surface area (Å²) in [5, 5.41) is 6.29. The van der Waals surface area contributed by atoms with Gasteiger partial charge in [0.05, 0.1) is 0 Å². The third kappa shape index (κ3) is 4.26. The lowest BCUT2D eigenvalue weighted by atomic mass is 10.1. The van der Waals surface area contributed by atoms with Crippen molar-refractivity contribution in [3.8, 4) is 11.5 Å². The maximum absolute atomic E-state index is 12.0. The van der Waals surface area contributed by atoms with Crippen molar-refractivity contribution < 1.29 is 14.3 Å². The molecule has 0 aliphatic carbocycles. The zero-order valence-electron chi connectivity index (χ0n) is 13.7. The predicted molar refractivity (Wildman–Crippen MR) is 91.9 cm³/mol. The first-order valence-corrected chi connectivity index (χ1v) is 8.16. The van der Waals surface area contributed by atoms with Crippen molar-refractivity contribution >= 4 is 5.91 Å². The fourth-order valence-electron chi connectivity index (χ4n) is 2.60. The largest absolute Gasteiger partial charge is 0.454 e. The van der Waals surface area contributed by atoms with E-state index in [0.29, 0.717) is 19.5 Å². The van der Waals surface area contributed by atoms with Crippen molar-refractivity contribution in [3.05, 3.63) is 59.7 Å². The van der Waals surface area contributed by atoms with Gasteiger partial charge in [0.15, 0.2) is 11.5 Å². The van der Waals surface area contributed by atoms with E-state index in [1.54, 1.807) is 0 Å². The number of amides is 1. The van der Waals surface area contributed by atoms with Gasteiger partial charge >= 0.3 is 0 Å². The average Bonchev–Trinajstić information content (AvgIpc) is 3.08. The first-order chi connectivity index (χ1) is 11.7. The lowest BCUT2D eigenvalue weighted by molar-refractivity contribution is -0.121. The molecule has 0 aromatic heterocycles. The lowest BCUT2D eigenvalue weighted by Gasteiger charge is -2.14. The van der Waals surface area contributed by atoms with Crippen molar-refractivity contribution in [2.75, 3.05) is 13.3 Å². The maximum Gasteiger partial charge on any atom is 0.231 e. The quantitative estimate of drug-likeness (QED) is 0.821. The second-order valence-electron chi connectivity index (χ2n) is 5.80. The van der Waals surface area contributed by atoms with Crippen LogP contribution in [0.2, 0.25) is 0 Å². The third-order valence-electron chi connectivity index (χ3n) is 4.03. The number of carbonyl (C=O) groups is 1. The van der Waals surface area contributed by atoms with Crippen LogP contribution in [0.25, 0.3) is 0 Å². The van der Waals surface area contributed by atoms with E-state index in [9.17, 15) is 4.79 Å². The number of rotatable bonds is 7. The van der Waals surface area contributed by atoms with E-state index < -0.39 is 0 Å². The summed E-state index contributed by atoms with van der Waals surface area (Å²) >= 11 is 0. The Kier molecular flexibility index (Phi) is 5.33. The topological polar surface area (TPSA) is 59.6 Å². The van der Waals surface area contributed by atoms with E-state index in [4.69, 9.17) is 9.47 Å². The highest BCUT2D eigenvalue weighted by atomic mass is 16.7. The zero-order valence-corrected chi connectivity index (χ0v) is 13.7. The summed E-state index contributed by atoms with van der Waals surface area (Å²) in [6.45, 7) is 3.49. The van der Waals surface area contributed by atoms with Crippen LogP contribution in [0.4, 0.5) is 0 Å². The normalized spacial score (nSPS) is 13.5. The number of hydrogen-bond acceptors (Lipinski definition) is 4. The Labute approximate surface area is 142 Å². The molecule has 24 heavy (non-hydrogen) atoms. The number of nitrogens with one attached hydrogen (secondary N) is 2. The molecule has 0 radical (unpaired) electrons. The number of hydrogen-bond donors (Lipinski definition) is 2.